The van der Waals surface area contributed by atoms with Crippen LogP contribution in [0.5, 0.6) is 0 Å². The van der Waals surface area contributed by atoms with Gasteiger partial charge in [-0.1, -0.05) is 176 Å². The maximum absolute atomic E-state index is 2.37. The summed E-state index contributed by atoms with van der Waals surface area (Å²) in [5, 5.41) is 8.68. The zero-order valence-corrected chi connectivity index (χ0v) is 37.7. The quantitative estimate of drug-likeness (QED) is 0.216. The van der Waals surface area contributed by atoms with Gasteiger partial charge < -0.3 is 24.8 Å². The molecule has 6 rings (SSSR count). The van der Waals surface area contributed by atoms with Gasteiger partial charge in [0.2, 0.25) is 0 Å². The first-order chi connectivity index (χ1) is 23.6. The zero-order valence-electron chi connectivity index (χ0n) is 33.4. The maximum Gasteiger partial charge on any atom is 2.00 e. The van der Waals surface area contributed by atoms with Crippen LogP contribution in [-0.2, 0) is 16.8 Å². The van der Waals surface area contributed by atoms with Crippen LogP contribution in [0.25, 0.3) is 0 Å². The van der Waals surface area contributed by atoms with E-state index in [1.54, 1.807) is 0 Å². The number of benzene rings is 6. The first-order valence-electron chi connectivity index (χ1n) is 17.7. The predicted molar refractivity (Wildman–Crippen MR) is 227 cm³/mol. The van der Waals surface area contributed by atoms with E-state index in [9.17, 15) is 0 Å². The largest absolute Gasteiger partial charge is 2.00 e. The molecule has 0 aliphatic heterocycles. The number of rotatable bonds is 6. The smallest absolute Gasteiger partial charge is 1.00 e. The van der Waals surface area contributed by atoms with E-state index < -0.39 is 15.8 Å². The molecule has 0 amide bonds. The first kappa shape index (κ1) is 46.4. The van der Waals surface area contributed by atoms with E-state index in [1.165, 1.54) is 98.6 Å². The standard InChI is InChI=1S/2C24H27P.2ClH.Co/c2*1-16-7-17(2)11-22(10-16)25(23-12-18(3)8-19(4)13-23)24-14-20(5)9-21(6)15-24;;;/h2*7-15H,1-6H3;2*1H;/q;;;;+2/p-2. The van der Waals surface area contributed by atoms with Gasteiger partial charge in [-0.25, -0.2) is 0 Å². The van der Waals surface area contributed by atoms with Crippen LogP contribution < -0.4 is 56.6 Å². The van der Waals surface area contributed by atoms with Crippen LogP contribution in [0.1, 0.15) is 66.8 Å². The molecule has 0 saturated carbocycles. The summed E-state index contributed by atoms with van der Waals surface area (Å²) in [5.74, 6) is 0. The topological polar surface area (TPSA) is 0 Å². The molecular formula is C48H54Cl2CoP2. The Morgan fingerprint density at radius 1 is 0.208 bits per heavy atom. The summed E-state index contributed by atoms with van der Waals surface area (Å²) in [4.78, 5) is 0. The number of aryl methyl sites for hydroxylation is 12. The Kier molecular flexibility index (Phi) is 17.7. The fourth-order valence-electron chi connectivity index (χ4n) is 7.37. The Hall–Kier alpha value is -2.73. The van der Waals surface area contributed by atoms with Crippen LogP contribution in [0, 0.1) is 83.1 Å². The molecule has 0 fully saturated rings. The van der Waals surface area contributed by atoms with Crippen LogP contribution in [-0.4, -0.2) is 0 Å². The molecule has 0 aliphatic carbocycles. The second-order valence-electron chi connectivity index (χ2n) is 14.7. The molecule has 6 aromatic carbocycles. The average Bonchev–Trinajstić information content (AvgIpc) is 2.95. The van der Waals surface area contributed by atoms with Crippen molar-refractivity contribution in [3.63, 3.8) is 0 Å². The van der Waals surface area contributed by atoms with Gasteiger partial charge >= 0.3 is 16.8 Å². The fourth-order valence-corrected chi connectivity index (χ4v) is 13.2. The molecule has 0 heterocycles. The molecule has 279 valence electrons. The molecule has 0 aliphatic rings. The third kappa shape index (κ3) is 12.7. The summed E-state index contributed by atoms with van der Waals surface area (Å²) in [7, 11) is -1.09. The monoisotopic (exact) mass is 821 g/mol. The summed E-state index contributed by atoms with van der Waals surface area (Å²) in [6.45, 7) is 26.4. The molecule has 0 nitrogen and oxygen atoms in total. The summed E-state index contributed by atoms with van der Waals surface area (Å²) in [6.07, 6.45) is 0. The molecule has 0 N–H and O–H groups in total. The first-order valence-corrected chi connectivity index (χ1v) is 20.4. The second kappa shape index (κ2) is 20.3. The van der Waals surface area contributed by atoms with Crippen molar-refractivity contribution in [2.24, 2.45) is 0 Å². The Labute approximate surface area is 346 Å². The van der Waals surface area contributed by atoms with Gasteiger partial charge in [-0.05, 0) is 131 Å². The molecule has 5 heteroatoms. The van der Waals surface area contributed by atoms with Crippen LogP contribution in [0.15, 0.2) is 109 Å². The van der Waals surface area contributed by atoms with Crippen LogP contribution in [0.3, 0.4) is 0 Å². The van der Waals surface area contributed by atoms with Crippen molar-refractivity contribution in [2.45, 2.75) is 83.1 Å². The third-order valence-electron chi connectivity index (χ3n) is 8.79. The Morgan fingerprint density at radius 3 is 0.396 bits per heavy atom. The van der Waals surface area contributed by atoms with E-state index in [0.29, 0.717) is 0 Å². The summed E-state index contributed by atoms with van der Waals surface area (Å²) in [6, 6.07) is 42.0. The van der Waals surface area contributed by atoms with E-state index in [-0.39, 0.29) is 41.6 Å². The van der Waals surface area contributed by atoms with Crippen LogP contribution in [0.4, 0.5) is 0 Å². The number of halogens is 2. The number of hydrogen-bond donors (Lipinski definition) is 0. The average molecular weight is 823 g/mol. The van der Waals surface area contributed by atoms with E-state index in [0.717, 1.165) is 0 Å². The fraction of sp³-hybridized carbons (Fsp3) is 0.250. The minimum absolute atomic E-state index is 0. The minimum atomic E-state index is -0.543. The van der Waals surface area contributed by atoms with Gasteiger partial charge in [0.25, 0.3) is 0 Å². The summed E-state index contributed by atoms with van der Waals surface area (Å²) in [5.41, 5.74) is 16.1. The second-order valence-corrected chi connectivity index (χ2v) is 19.2. The van der Waals surface area contributed by atoms with E-state index in [1.807, 2.05) is 0 Å². The molecule has 1 radical (unpaired) electrons. The molecule has 0 saturated heterocycles. The zero-order chi connectivity index (χ0) is 36.3. The van der Waals surface area contributed by atoms with E-state index in [2.05, 4.69) is 192 Å². The molecule has 0 unspecified atom stereocenters. The molecular weight excluding hydrogens is 768 g/mol. The van der Waals surface area contributed by atoms with Gasteiger partial charge in [0.05, 0.1) is 0 Å². The molecule has 0 bridgehead atoms. The van der Waals surface area contributed by atoms with Gasteiger partial charge in [-0.3, -0.25) is 0 Å². The van der Waals surface area contributed by atoms with Gasteiger partial charge in [0.1, 0.15) is 0 Å². The van der Waals surface area contributed by atoms with Gasteiger partial charge in [-0.2, -0.15) is 0 Å². The van der Waals surface area contributed by atoms with Gasteiger partial charge in [0.15, 0.2) is 0 Å². The maximum atomic E-state index is 2.37. The normalized spacial score (nSPS) is 10.5. The third-order valence-corrected chi connectivity index (χ3v) is 13.4. The van der Waals surface area contributed by atoms with Crippen molar-refractivity contribution in [1.82, 2.24) is 0 Å². The Balaban J connectivity index is 0.000000347. The summed E-state index contributed by atoms with van der Waals surface area (Å²) >= 11 is 0. The van der Waals surface area contributed by atoms with Crippen LogP contribution in [0.2, 0.25) is 0 Å². The number of hydrogen-bond acceptors (Lipinski definition) is 0. The van der Waals surface area contributed by atoms with Crippen molar-refractivity contribution in [3.8, 4) is 0 Å². The molecule has 6 aromatic rings. The molecule has 0 aromatic heterocycles. The Bertz CT molecular complexity index is 1650. The SMILES string of the molecule is Cc1cc(C)cc(P(c2cc(C)cc(C)c2)c2cc(C)cc(C)c2)c1.Cc1cc(C)cc(P(c2cc(C)cc(C)c2)c2cc(C)cc(C)c2)c1.[Cl-].[Cl-].[Co+2]. The van der Waals surface area contributed by atoms with E-state index in [4.69, 9.17) is 0 Å². The summed E-state index contributed by atoms with van der Waals surface area (Å²) < 4.78 is 0. The Morgan fingerprint density at radius 2 is 0.302 bits per heavy atom. The molecule has 0 atom stereocenters. The van der Waals surface area contributed by atoms with Crippen LogP contribution >= 0.6 is 15.8 Å². The van der Waals surface area contributed by atoms with Crippen molar-refractivity contribution < 1.29 is 41.6 Å². The van der Waals surface area contributed by atoms with Crippen molar-refractivity contribution in [2.75, 3.05) is 0 Å². The molecule has 53 heavy (non-hydrogen) atoms. The predicted octanol–water partition coefficient (Wildman–Crippen LogP) is 4.60. The van der Waals surface area contributed by atoms with E-state index >= 15 is 0 Å². The van der Waals surface area contributed by atoms with Crippen molar-refractivity contribution in [3.05, 3.63) is 176 Å². The minimum Gasteiger partial charge on any atom is -1.00 e. The van der Waals surface area contributed by atoms with Crippen molar-refractivity contribution >= 4 is 47.7 Å². The van der Waals surface area contributed by atoms with Gasteiger partial charge in [0, 0.05) is 0 Å². The van der Waals surface area contributed by atoms with Crippen molar-refractivity contribution in [1.29, 1.82) is 0 Å². The molecule has 0 spiro atoms. The van der Waals surface area contributed by atoms with Gasteiger partial charge in [-0.15, -0.1) is 0 Å².